The Labute approximate surface area is 186 Å². The van der Waals surface area contributed by atoms with Crippen molar-refractivity contribution >= 4 is 11.1 Å². The fraction of sp³-hybridized carbons (Fsp3) is 0.533. The van der Waals surface area contributed by atoms with Crippen molar-refractivity contribution in [1.82, 2.24) is 0 Å². The fourth-order valence-electron chi connectivity index (χ4n) is 19.7. The molecule has 10 fully saturated rings. The van der Waals surface area contributed by atoms with Gasteiger partial charge in [0.2, 0.25) is 0 Å². The summed E-state index contributed by atoms with van der Waals surface area (Å²) < 4.78 is 6.93. The van der Waals surface area contributed by atoms with Crippen LogP contribution in [-0.2, 0) is 6.51 Å². The molecule has 4 atom stereocenters. The molecule has 2 nitrogen and oxygen atoms in total. The van der Waals surface area contributed by atoms with Gasteiger partial charge >= 0.3 is 187 Å². The SMILES string of the molecule is CCC(=C(c1ccccc1)[C]12[CH]3[CH]4[CH]5[CH]1[Fe]45321678[CH]2[CH]1[CH]6[CH]7[CH]28)c1ccc(OC(C)(C)CN)cc1. The molecule has 10 saturated heterocycles. The zero-order valence-electron chi connectivity index (χ0n) is 19.6. The molecule has 10 aliphatic rings. The molecule has 12 rings (SSSR count). The van der Waals surface area contributed by atoms with Crippen molar-refractivity contribution in [3.8, 4) is 5.75 Å². The number of fused-ring (bicyclic) bond motifs is 10. The molecule has 0 radical (unpaired) electrons. The van der Waals surface area contributed by atoms with Gasteiger partial charge in [0.15, 0.2) is 0 Å². The van der Waals surface area contributed by atoms with Crippen molar-refractivity contribution in [1.29, 1.82) is 0 Å². The summed E-state index contributed by atoms with van der Waals surface area (Å²) >= 11 is 0. The third-order valence-electron chi connectivity index (χ3n) is 18.9. The van der Waals surface area contributed by atoms with Crippen LogP contribution in [0.25, 0.3) is 11.1 Å². The van der Waals surface area contributed by atoms with E-state index in [2.05, 4.69) is 75.4 Å². The molecule has 2 aromatic carbocycles. The summed E-state index contributed by atoms with van der Waals surface area (Å²) in [6.07, 6.45) is 1.14. The summed E-state index contributed by atoms with van der Waals surface area (Å²) in [6.45, 7) is 3.75. The predicted molar refractivity (Wildman–Crippen MR) is 130 cm³/mol. The van der Waals surface area contributed by atoms with E-state index in [0.717, 1.165) is 16.5 Å². The first-order valence-corrected chi connectivity index (χ1v) is 19.5. The van der Waals surface area contributed by atoms with E-state index in [1.807, 2.05) is 5.57 Å². The van der Waals surface area contributed by atoms with E-state index in [4.69, 9.17) is 10.5 Å². The van der Waals surface area contributed by atoms with Gasteiger partial charge in [-0.1, -0.05) is 0 Å². The Kier molecular flexibility index (Phi) is 1.08. The van der Waals surface area contributed by atoms with Gasteiger partial charge in [-0.05, 0) is 0 Å². The molecule has 1 spiro atoms. The van der Waals surface area contributed by atoms with E-state index >= 15 is 0 Å². The van der Waals surface area contributed by atoms with Gasteiger partial charge in [-0.3, -0.25) is 0 Å². The van der Waals surface area contributed by atoms with Crippen LogP contribution in [0.2, 0.25) is 47.7 Å². The number of nitrogens with two attached hydrogens (primary N) is 1. The Balaban J connectivity index is 1.10. The molecule has 3 heteroatoms. The number of ether oxygens (including phenoxy) is 1. The first kappa shape index (κ1) is 16.2. The summed E-state index contributed by atoms with van der Waals surface area (Å²) in [4.78, 5) is 12.0. The van der Waals surface area contributed by atoms with Gasteiger partial charge in [-0.25, -0.2) is 0 Å². The second kappa shape index (κ2) is 2.21. The maximum atomic E-state index is 6.18. The summed E-state index contributed by atoms with van der Waals surface area (Å²) in [5, 5.41) is 0. The maximum absolute atomic E-state index is 6.18. The van der Waals surface area contributed by atoms with Crippen molar-refractivity contribution < 1.29 is 11.2 Å². The van der Waals surface area contributed by atoms with Crippen LogP contribution < -0.4 is 10.5 Å². The Morgan fingerprint density at radius 3 is 1.85 bits per heavy atom. The minimum absolute atomic E-state index is 0.330. The van der Waals surface area contributed by atoms with Gasteiger partial charge < -0.3 is 0 Å². The number of benzene rings is 2. The number of hydrogen-bond acceptors (Lipinski definition) is 2. The molecule has 0 aliphatic carbocycles. The van der Waals surface area contributed by atoms with Crippen molar-refractivity contribution in [2.45, 2.75) is 80.5 Å². The van der Waals surface area contributed by atoms with Crippen LogP contribution in [0, 0.1) is 0 Å². The minimum atomic E-state index is -3.30. The van der Waals surface area contributed by atoms with Gasteiger partial charge in [0.1, 0.15) is 0 Å². The average Bonchev–Trinajstić information content (AvgIpc) is 3.77. The van der Waals surface area contributed by atoms with E-state index in [9.17, 15) is 0 Å². The van der Waals surface area contributed by atoms with Crippen molar-refractivity contribution in [3.63, 3.8) is 0 Å². The van der Waals surface area contributed by atoms with Crippen LogP contribution in [0.15, 0.2) is 54.6 Å². The van der Waals surface area contributed by atoms with Gasteiger partial charge in [0.05, 0.1) is 0 Å². The second-order valence-electron chi connectivity index (χ2n) is 15.8. The molecule has 2 N–H and O–H groups in total. The average molecular weight is 479 g/mol. The van der Waals surface area contributed by atoms with Gasteiger partial charge in [-0.2, -0.15) is 0 Å². The molecule has 0 saturated carbocycles. The van der Waals surface area contributed by atoms with Crippen LogP contribution in [0.4, 0.5) is 0 Å². The third-order valence-corrected chi connectivity index (χ3v) is 61.2. The van der Waals surface area contributed by atoms with E-state index in [0.29, 0.717) is 6.54 Å². The fourth-order valence-corrected chi connectivity index (χ4v) is 93.8. The molecule has 0 aromatic heterocycles. The number of hydrogen-bond donors (Lipinski definition) is 1. The second-order valence-corrected chi connectivity index (χ2v) is 39.4. The molecule has 10 heterocycles. The first-order chi connectivity index (χ1) is 15.7. The van der Waals surface area contributed by atoms with Crippen LogP contribution in [0.5, 0.6) is 5.75 Å². The molecule has 0 bridgehead atoms. The van der Waals surface area contributed by atoms with Crippen LogP contribution in [0.3, 0.4) is 0 Å². The first-order valence-electron chi connectivity index (χ1n) is 13.2. The van der Waals surface area contributed by atoms with Crippen LogP contribution in [0.1, 0.15) is 38.3 Å². The van der Waals surface area contributed by atoms with Gasteiger partial charge in [0.25, 0.3) is 0 Å². The summed E-state index contributed by atoms with van der Waals surface area (Å²) in [6, 6.07) is 20.8. The van der Waals surface area contributed by atoms with E-state index < -0.39 is 6.51 Å². The third kappa shape index (κ3) is 0.372. The molecule has 2 aromatic rings. The predicted octanol–water partition coefficient (Wildman–Crippen LogP) is 7.88. The molecule has 172 valence electrons. The van der Waals surface area contributed by atoms with Crippen molar-refractivity contribution in [3.05, 3.63) is 65.7 Å². The van der Waals surface area contributed by atoms with Crippen LogP contribution >= 0.6 is 0 Å². The normalized spacial score (nSPS) is 68.3. The molecule has 0 amide bonds. The van der Waals surface area contributed by atoms with E-state index in [1.165, 1.54) is 48.9 Å². The summed E-state index contributed by atoms with van der Waals surface area (Å²) in [5.41, 5.74) is 12.1. The molecule has 10 aliphatic heterocycles. The topological polar surface area (TPSA) is 35.2 Å². The monoisotopic (exact) mass is 479 g/mol. The quantitative estimate of drug-likeness (QED) is 0.324. The zero-order chi connectivity index (χ0) is 21.9. The molecular weight excluding hydrogens is 446 g/mol. The van der Waals surface area contributed by atoms with E-state index in [1.54, 1.807) is 11.1 Å². The number of rotatable bonds is 7. The molecule has 4 unspecified atom stereocenters. The summed E-state index contributed by atoms with van der Waals surface area (Å²) in [7, 11) is 0. The molecular formula is C30H33FeNO. The number of allylic oxidation sites excluding steroid dienone is 2. The van der Waals surface area contributed by atoms with Crippen molar-refractivity contribution in [2.24, 2.45) is 5.73 Å². The Bertz CT molecular complexity index is 1680. The van der Waals surface area contributed by atoms with E-state index in [-0.39, 0.29) is 5.60 Å². The zero-order valence-corrected chi connectivity index (χ0v) is 20.7. The Morgan fingerprint density at radius 1 is 0.848 bits per heavy atom. The van der Waals surface area contributed by atoms with Gasteiger partial charge in [0, 0.05) is 0 Å². The summed E-state index contributed by atoms with van der Waals surface area (Å²) in [5.74, 6) is 0.934. The standard InChI is InChI=1S/C25H28NO.C5H5.Fe/c1-4-23(19-14-16-22(17-15-19)27-25(2,3)18-26)24(21-12-8-9-13-21)20-10-6-5-7-11-20;1-2-4-5-3-1;/h5-17H,4,18,26H2,1-3H3;1-5H;. The molecule has 33 heavy (non-hydrogen) atoms. The van der Waals surface area contributed by atoms with Crippen LogP contribution in [-0.4, -0.2) is 12.1 Å². The van der Waals surface area contributed by atoms with Gasteiger partial charge in [-0.15, -0.1) is 0 Å². The van der Waals surface area contributed by atoms with Crippen molar-refractivity contribution in [2.75, 3.05) is 6.54 Å². The Hall–Kier alpha value is -1.54. The Morgan fingerprint density at radius 2 is 1.42 bits per heavy atom.